The smallest absolute Gasteiger partial charge is 0.240 e. The van der Waals surface area contributed by atoms with Crippen LogP contribution in [0.5, 0.6) is 0 Å². The molecular weight excluding hydrogens is 580 g/mol. The normalized spacial score (nSPS) is 32.5. The summed E-state index contributed by atoms with van der Waals surface area (Å²) < 4.78 is 0. The largest absolute Gasteiger partial charge is 0.394 e. The van der Waals surface area contributed by atoms with Crippen LogP contribution in [0.25, 0.3) is 0 Å². The van der Waals surface area contributed by atoms with Crippen molar-refractivity contribution in [3.05, 3.63) is 0 Å². The third-order valence-electron chi connectivity index (χ3n) is 10.5. The molecular formula is C34H57ClN4O5. The number of carbonyl (C=O) groups is 2. The first-order valence-electron chi connectivity index (χ1n) is 17.4. The van der Waals surface area contributed by atoms with Crippen LogP contribution in [0.1, 0.15) is 96.8 Å². The molecule has 44 heavy (non-hydrogen) atoms. The highest BCUT2D eigenvalue weighted by atomic mass is 35.5. The van der Waals surface area contributed by atoms with Crippen LogP contribution in [0.4, 0.5) is 0 Å². The Morgan fingerprint density at radius 3 is 2.48 bits per heavy atom. The van der Waals surface area contributed by atoms with Crippen molar-refractivity contribution < 1.29 is 24.6 Å². The summed E-state index contributed by atoms with van der Waals surface area (Å²) in [7, 11) is 2.15. The number of rotatable bonds is 12. The van der Waals surface area contributed by atoms with Crippen LogP contribution in [-0.2, 0) is 14.4 Å². The Morgan fingerprint density at radius 1 is 1.02 bits per heavy atom. The van der Waals surface area contributed by atoms with Gasteiger partial charge >= 0.3 is 0 Å². The van der Waals surface area contributed by atoms with Gasteiger partial charge in [-0.05, 0) is 90.6 Å². The Labute approximate surface area is 270 Å². The van der Waals surface area contributed by atoms with Crippen LogP contribution >= 0.6 is 11.6 Å². The van der Waals surface area contributed by atoms with Gasteiger partial charge in [-0.2, -0.15) is 5.06 Å². The van der Waals surface area contributed by atoms with Gasteiger partial charge in [-0.3, -0.25) is 14.4 Å². The summed E-state index contributed by atoms with van der Waals surface area (Å²) in [4.78, 5) is 34.5. The lowest BCUT2D eigenvalue weighted by Gasteiger charge is -2.33. The van der Waals surface area contributed by atoms with E-state index in [1.54, 1.807) is 12.0 Å². The number of hydroxylamine groups is 2. The number of hydrogen-bond donors (Lipinski definition) is 4. The van der Waals surface area contributed by atoms with E-state index in [2.05, 4.69) is 34.4 Å². The van der Waals surface area contributed by atoms with E-state index >= 15 is 0 Å². The van der Waals surface area contributed by atoms with Crippen LogP contribution < -0.4 is 10.6 Å². The zero-order chi connectivity index (χ0) is 31.5. The minimum absolute atomic E-state index is 0.142. The number of nitrogens with one attached hydrogen (secondary N) is 2. The zero-order valence-corrected chi connectivity index (χ0v) is 27.8. The van der Waals surface area contributed by atoms with Crippen LogP contribution in [-0.4, -0.2) is 101 Å². The summed E-state index contributed by atoms with van der Waals surface area (Å²) in [5.41, 5.74) is 0. The molecule has 1 saturated heterocycles. The van der Waals surface area contributed by atoms with Gasteiger partial charge in [-0.1, -0.05) is 37.5 Å². The molecule has 4 N–H and O–H groups in total. The second kappa shape index (κ2) is 18.1. The van der Waals surface area contributed by atoms with Gasteiger partial charge in [0.05, 0.1) is 19.3 Å². The van der Waals surface area contributed by atoms with Crippen LogP contribution in [0.2, 0.25) is 0 Å². The van der Waals surface area contributed by atoms with E-state index in [0.29, 0.717) is 37.0 Å². The average Bonchev–Trinajstić information content (AvgIpc) is 3.40. The molecule has 0 aromatic heterocycles. The summed E-state index contributed by atoms with van der Waals surface area (Å²) in [6.45, 7) is 3.82. The Bertz CT molecular complexity index is 959. The van der Waals surface area contributed by atoms with E-state index in [4.69, 9.17) is 16.4 Å². The maximum Gasteiger partial charge on any atom is 0.240 e. The summed E-state index contributed by atoms with van der Waals surface area (Å²) >= 11 is 6.27. The number of carbonyl (C=O) groups excluding carboxylic acids is 2. The maximum atomic E-state index is 13.6. The standard InChI is InChI=1S/C34H57ClN4O5/c1-24(41)31-30(23-40)44-39(32(31)34(43)37-19-8-20-38(2)29-16-14-28(35)15-17-29)22-26-10-6-9-25(21-26)11-7-18-36-33(42)27-12-4-3-5-13-27/h24-32,40-41H,3-6,8-10,12-23H2,1-2H3,(H,36,42)(H,37,43)/t24-,25?,26?,28?,29?,30-,31+,32-/m1/s1. The third kappa shape index (κ3) is 10.3. The SMILES string of the molecule is C[C@@H](O)[C@H]1[C@@H](CO)ON(CC2CCCC(C#CCNC(=O)C3CCCCC3)C2)[C@H]1C(=O)NCCCN(C)C1CCC(Cl)CC1. The fraction of sp³-hybridized carbons (Fsp3) is 0.882. The molecule has 4 rings (SSSR count). The Morgan fingerprint density at radius 2 is 1.77 bits per heavy atom. The Balaban J connectivity index is 1.26. The summed E-state index contributed by atoms with van der Waals surface area (Å²) in [6.07, 6.45) is 13.3. The lowest BCUT2D eigenvalue weighted by Crippen LogP contribution is -2.50. The molecule has 0 aromatic rings. The predicted molar refractivity (Wildman–Crippen MR) is 173 cm³/mol. The summed E-state index contributed by atoms with van der Waals surface area (Å²) in [5.74, 6) is 6.74. The number of halogens is 1. The quantitative estimate of drug-likeness (QED) is 0.147. The van der Waals surface area contributed by atoms with Crippen molar-refractivity contribution in [1.82, 2.24) is 20.6 Å². The van der Waals surface area contributed by atoms with Crippen LogP contribution in [0, 0.1) is 35.5 Å². The first-order chi connectivity index (χ1) is 21.3. The molecule has 6 atom stereocenters. The van der Waals surface area contributed by atoms with Gasteiger partial charge in [0.2, 0.25) is 11.8 Å². The van der Waals surface area contributed by atoms with Gasteiger partial charge in [-0.15, -0.1) is 11.6 Å². The average molecular weight is 637 g/mol. The Hall–Kier alpha value is -1.41. The molecule has 250 valence electrons. The van der Waals surface area contributed by atoms with E-state index < -0.39 is 24.2 Å². The molecule has 9 nitrogen and oxygen atoms in total. The first kappa shape index (κ1) is 35.4. The minimum atomic E-state index is -0.801. The van der Waals surface area contributed by atoms with E-state index in [-0.39, 0.29) is 30.3 Å². The number of alkyl halides is 1. The second-order valence-corrected chi connectivity index (χ2v) is 14.4. The molecule has 4 fully saturated rings. The fourth-order valence-corrected chi connectivity index (χ4v) is 8.13. The van der Waals surface area contributed by atoms with Gasteiger partial charge in [0, 0.05) is 42.3 Å². The van der Waals surface area contributed by atoms with Gasteiger partial charge in [0.25, 0.3) is 0 Å². The van der Waals surface area contributed by atoms with Crippen molar-refractivity contribution >= 4 is 23.4 Å². The van der Waals surface area contributed by atoms with Gasteiger partial charge in [0.1, 0.15) is 12.1 Å². The maximum absolute atomic E-state index is 13.6. The molecule has 3 saturated carbocycles. The van der Waals surface area contributed by atoms with Gasteiger partial charge < -0.3 is 25.7 Å². The highest BCUT2D eigenvalue weighted by Crippen LogP contribution is 2.35. The molecule has 2 amide bonds. The minimum Gasteiger partial charge on any atom is -0.394 e. The van der Waals surface area contributed by atoms with E-state index in [1.807, 2.05) is 0 Å². The van der Waals surface area contributed by atoms with Crippen molar-refractivity contribution in [1.29, 1.82) is 0 Å². The molecule has 0 bridgehead atoms. The number of aliphatic hydroxyl groups excluding tert-OH is 2. The number of amides is 2. The van der Waals surface area contributed by atoms with Gasteiger partial charge in [0.15, 0.2) is 0 Å². The molecule has 1 aliphatic heterocycles. The molecule has 3 aliphatic carbocycles. The van der Waals surface area contributed by atoms with Crippen molar-refractivity contribution in [2.45, 2.75) is 126 Å². The molecule has 0 spiro atoms. The second-order valence-electron chi connectivity index (χ2n) is 13.8. The number of aliphatic hydroxyl groups is 2. The molecule has 0 aromatic carbocycles. The highest BCUT2D eigenvalue weighted by molar-refractivity contribution is 6.20. The summed E-state index contributed by atoms with van der Waals surface area (Å²) in [5, 5.41) is 28.8. The molecule has 2 unspecified atom stereocenters. The van der Waals surface area contributed by atoms with Crippen LogP contribution in [0.15, 0.2) is 0 Å². The first-order valence-corrected chi connectivity index (χ1v) is 17.8. The number of hydrogen-bond acceptors (Lipinski definition) is 7. The highest BCUT2D eigenvalue weighted by Gasteiger charge is 2.49. The van der Waals surface area contributed by atoms with E-state index in [0.717, 1.165) is 90.0 Å². The van der Waals surface area contributed by atoms with Crippen LogP contribution in [0.3, 0.4) is 0 Å². The molecule has 0 radical (unpaired) electrons. The van der Waals surface area contributed by atoms with Gasteiger partial charge in [-0.25, -0.2) is 0 Å². The number of nitrogens with zero attached hydrogens (tertiary/aromatic N) is 2. The fourth-order valence-electron chi connectivity index (χ4n) is 7.88. The predicted octanol–water partition coefficient (Wildman–Crippen LogP) is 3.45. The monoisotopic (exact) mass is 636 g/mol. The third-order valence-corrected chi connectivity index (χ3v) is 10.9. The Kier molecular flexibility index (Phi) is 14.6. The van der Waals surface area contributed by atoms with Crippen molar-refractivity contribution in [2.24, 2.45) is 23.7 Å². The lowest BCUT2D eigenvalue weighted by atomic mass is 9.81. The van der Waals surface area contributed by atoms with Crippen molar-refractivity contribution in [3.63, 3.8) is 0 Å². The van der Waals surface area contributed by atoms with Crippen molar-refractivity contribution in [3.8, 4) is 11.8 Å². The van der Waals surface area contributed by atoms with E-state index in [1.165, 1.54) is 6.42 Å². The zero-order valence-electron chi connectivity index (χ0n) is 27.0. The molecule has 10 heteroatoms. The lowest BCUT2D eigenvalue weighted by molar-refractivity contribution is -0.183. The topological polar surface area (TPSA) is 114 Å². The molecule has 1 heterocycles. The van der Waals surface area contributed by atoms with Crippen molar-refractivity contribution in [2.75, 3.05) is 39.8 Å². The summed E-state index contributed by atoms with van der Waals surface area (Å²) in [6, 6.07) is -0.112. The van der Waals surface area contributed by atoms with E-state index in [9.17, 15) is 19.8 Å². The molecule has 4 aliphatic rings.